The van der Waals surface area contributed by atoms with Crippen LogP contribution in [-0.4, -0.2) is 37.1 Å². The number of benzene rings is 1. The number of anilines is 2. The number of nitrogens with zero attached hydrogens (tertiary/aromatic N) is 2. The quantitative estimate of drug-likeness (QED) is 0.528. The molecule has 0 bridgehead atoms. The third-order valence-corrected chi connectivity index (χ3v) is 5.96. The average molecular weight is 412 g/mol. The average Bonchev–Trinajstić information content (AvgIpc) is 3.06. The fourth-order valence-electron chi connectivity index (χ4n) is 1.88. The van der Waals surface area contributed by atoms with Crippen LogP contribution in [0.5, 0.6) is 0 Å². The molecule has 2 N–H and O–H groups in total. The third kappa shape index (κ3) is 5.23. The number of carbonyl (C=O) groups is 2. The molecule has 1 heterocycles. The number of aromatic nitrogens is 2. The molecule has 0 spiro atoms. The Kier molecular flexibility index (Phi) is 6.50. The van der Waals surface area contributed by atoms with Crippen molar-refractivity contribution in [1.29, 1.82) is 0 Å². The molecule has 0 aliphatic rings. The molecule has 11 heteroatoms. The van der Waals surface area contributed by atoms with Crippen LogP contribution in [0.3, 0.4) is 0 Å². The maximum absolute atomic E-state index is 12.6. The highest BCUT2D eigenvalue weighted by molar-refractivity contribution is 7.94. The van der Waals surface area contributed by atoms with Crippen LogP contribution in [0.25, 0.3) is 0 Å². The summed E-state index contributed by atoms with van der Waals surface area (Å²) in [6.07, 6.45) is 0. The maximum Gasteiger partial charge on any atom is 0.338 e. The normalized spacial score (nSPS) is 11.3. The summed E-state index contributed by atoms with van der Waals surface area (Å²) in [5, 5.41) is 9.90. The molecule has 1 aromatic carbocycles. The van der Waals surface area contributed by atoms with Gasteiger partial charge in [0.25, 0.3) is 14.4 Å². The minimum atomic E-state index is -4.03. The number of aryl methyl sites for hydroxylation is 1. The fraction of sp³-hybridized carbons (Fsp3) is 0.375. The molecule has 0 radical (unpaired) electrons. The summed E-state index contributed by atoms with van der Waals surface area (Å²) in [6.45, 7) is 7.00. The second-order valence-corrected chi connectivity index (χ2v) is 8.71. The Morgan fingerprint density at radius 3 is 2.59 bits per heavy atom. The second kappa shape index (κ2) is 8.44. The molecule has 0 unspecified atom stereocenters. The summed E-state index contributed by atoms with van der Waals surface area (Å²) < 4.78 is 32.1. The number of ether oxygens (including phenoxy) is 1. The Morgan fingerprint density at radius 2 is 1.96 bits per heavy atom. The minimum Gasteiger partial charge on any atom is -0.462 e. The van der Waals surface area contributed by atoms with Crippen molar-refractivity contribution in [3.63, 3.8) is 0 Å². The Bertz CT molecular complexity index is 953. The van der Waals surface area contributed by atoms with Gasteiger partial charge in [0.05, 0.1) is 17.9 Å². The SMILES string of the molecule is CCOC(=O)c1ccc(C)c(NS(=O)(=O)c2nnc(NC(=O)C(C)C)s2)c1. The monoisotopic (exact) mass is 412 g/mol. The van der Waals surface area contributed by atoms with Crippen LogP contribution in [0.1, 0.15) is 36.7 Å². The van der Waals surface area contributed by atoms with E-state index in [1.165, 1.54) is 6.07 Å². The first-order valence-corrected chi connectivity index (χ1v) is 10.4. The van der Waals surface area contributed by atoms with Crippen LogP contribution >= 0.6 is 11.3 Å². The van der Waals surface area contributed by atoms with Gasteiger partial charge in [-0.2, -0.15) is 8.42 Å². The van der Waals surface area contributed by atoms with Gasteiger partial charge in [-0.15, -0.1) is 10.2 Å². The Morgan fingerprint density at radius 1 is 1.26 bits per heavy atom. The van der Waals surface area contributed by atoms with Gasteiger partial charge in [0, 0.05) is 5.92 Å². The number of sulfonamides is 1. The summed E-state index contributed by atoms with van der Waals surface area (Å²) in [5.41, 5.74) is 1.07. The molecule has 0 aliphatic heterocycles. The molecule has 27 heavy (non-hydrogen) atoms. The molecule has 0 atom stereocenters. The lowest BCUT2D eigenvalue weighted by Gasteiger charge is -2.10. The van der Waals surface area contributed by atoms with Crippen molar-refractivity contribution in [2.24, 2.45) is 5.92 Å². The van der Waals surface area contributed by atoms with Gasteiger partial charge in [0.15, 0.2) is 0 Å². The highest BCUT2D eigenvalue weighted by atomic mass is 32.2. The van der Waals surface area contributed by atoms with E-state index in [2.05, 4.69) is 20.2 Å². The summed E-state index contributed by atoms with van der Waals surface area (Å²) in [6, 6.07) is 4.56. The first-order chi connectivity index (χ1) is 12.6. The topological polar surface area (TPSA) is 127 Å². The number of esters is 1. The Hall–Kier alpha value is -2.53. The molecule has 2 aromatic rings. The van der Waals surface area contributed by atoms with Gasteiger partial charge >= 0.3 is 5.97 Å². The lowest BCUT2D eigenvalue weighted by molar-refractivity contribution is -0.118. The van der Waals surface area contributed by atoms with E-state index < -0.39 is 16.0 Å². The van der Waals surface area contributed by atoms with Crippen molar-refractivity contribution < 1.29 is 22.7 Å². The summed E-state index contributed by atoms with van der Waals surface area (Å²) in [5.74, 6) is -1.12. The molecule has 9 nitrogen and oxygen atoms in total. The molecule has 1 aromatic heterocycles. The van der Waals surface area contributed by atoms with Gasteiger partial charge in [-0.1, -0.05) is 31.3 Å². The molecule has 0 saturated carbocycles. The number of nitrogens with one attached hydrogen (secondary N) is 2. The lowest BCUT2D eigenvalue weighted by atomic mass is 10.1. The highest BCUT2D eigenvalue weighted by Crippen LogP contribution is 2.25. The van der Waals surface area contributed by atoms with Crippen molar-refractivity contribution in [2.75, 3.05) is 16.6 Å². The van der Waals surface area contributed by atoms with Gasteiger partial charge in [-0.25, -0.2) is 4.79 Å². The van der Waals surface area contributed by atoms with Crippen LogP contribution in [0.2, 0.25) is 0 Å². The smallest absolute Gasteiger partial charge is 0.338 e. The predicted octanol–water partition coefficient (Wildman–Crippen LogP) is 2.42. The van der Waals surface area contributed by atoms with Gasteiger partial charge < -0.3 is 10.1 Å². The third-order valence-electron chi connectivity index (χ3n) is 3.38. The Balaban J connectivity index is 2.24. The summed E-state index contributed by atoms with van der Waals surface area (Å²) in [7, 11) is -4.03. The van der Waals surface area contributed by atoms with Crippen molar-refractivity contribution in [1.82, 2.24) is 10.2 Å². The molecule has 1 amide bonds. The lowest BCUT2D eigenvalue weighted by Crippen LogP contribution is -2.17. The minimum absolute atomic E-state index is 0.0890. The van der Waals surface area contributed by atoms with Crippen LogP contribution in [0.4, 0.5) is 10.8 Å². The van der Waals surface area contributed by atoms with E-state index in [1.54, 1.807) is 39.8 Å². The largest absolute Gasteiger partial charge is 0.462 e. The fourth-order valence-corrected chi connectivity index (χ4v) is 3.91. The zero-order valence-corrected chi connectivity index (χ0v) is 16.9. The zero-order chi connectivity index (χ0) is 20.2. The van der Waals surface area contributed by atoms with E-state index in [9.17, 15) is 18.0 Å². The second-order valence-electron chi connectivity index (χ2n) is 5.87. The number of carbonyl (C=O) groups excluding carboxylic acids is 2. The van der Waals surface area contributed by atoms with Crippen molar-refractivity contribution in [3.05, 3.63) is 29.3 Å². The molecular weight excluding hydrogens is 392 g/mol. The van der Waals surface area contributed by atoms with E-state index in [-0.39, 0.29) is 39.2 Å². The van der Waals surface area contributed by atoms with Crippen molar-refractivity contribution >= 4 is 44.1 Å². The van der Waals surface area contributed by atoms with E-state index >= 15 is 0 Å². The zero-order valence-electron chi connectivity index (χ0n) is 15.3. The van der Waals surface area contributed by atoms with Crippen LogP contribution in [0.15, 0.2) is 22.5 Å². The summed E-state index contributed by atoms with van der Waals surface area (Å²) >= 11 is 0.733. The first-order valence-electron chi connectivity index (χ1n) is 8.09. The molecule has 0 fully saturated rings. The molecular formula is C16H20N4O5S2. The van der Waals surface area contributed by atoms with Gasteiger partial charge in [-0.3, -0.25) is 9.52 Å². The van der Waals surface area contributed by atoms with Crippen molar-refractivity contribution in [3.8, 4) is 0 Å². The predicted molar refractivity (Wildman–Crippen MR) is 101 cm³/mol. The van der Waals surface area contributed by atoms with Gasteiger partial charge in [-0.05, 0) is 31.5 Å². The molecule has 0 saturated heterocycles. The van der Waals surface area contributed by atoms with Crippen LogP contribution < -0.4 is 10.0 Å². The number of rotatable bonds is 7. The van der Waals surface area contributed by atoms with Crippen molar-refractivity contribution in [2.45, 2.75) is 32.0 Å². The highest BCUT2D eigenvalue weighted by Gasteiger charge is 2.23. The van der Waals surface area contributed by atoms with Gasteiger partial charge in [0.2, 0.25) is 11.0 Å². The molecule has 146 valence electrons. The van der Waals surface area contributed by atoms with Gasteiger partial charge in [0.1, 0.15) is 0 Å². The first kappa shape index (κ1) is 20.8. The van der Waals surface area contributed by atoms with E-state index in [0.29, 0.717) is 5.56 Å². The summed E-state index contributed by atoms with van der Waals surface area (Å²) in [4.78, 5) is 23.5. The number of amides is 1. The number of hydrogen-bond donors (Lipinski definition) is 2. The standard InChI is InChI=1S/C16H20N4O5S2/c1-5-25-14(22)11-7-6-10(4)12(8-11)20-27(23,24)16-19-18-15(26-16)17-13(21)9(2)3/h6-9,20H,5H2,1-4H3,(H,17,18,21). The van der Waals surface area contributed by atoms with Crippen LogP contribution in [-0.2, 0) is 19.6 Å². The van der Waals surface area contributed by atoms with E-state index in [0.717, 1.165) is 11.3 Å². The van der Waals surface area contributed by atoms with Crippen LogP contribution in [0, 0.1) is 12.8 Å². The molecule has 0 aliphatic carbocycles. The maximum atomic E-state index is 12.6. The molecule has 2 rings (SSSR count). The van der Waals surface area contributed by atoms with E-state index in [4.69, 9.17) is 4.74 Å². The van der Waals surface area contributed by atoms with E-state index in [1.807, 2.05) is 0 Å². The Labute approximate surface area is 161 Å². The number of hydrogen-bond acceptors (Lipinski definition) is 8.